The molecule has 1 saturated carbocycles. The molecule has 150 valence electrons. The number of nitrogens with one attached hydrogen (secondary N) is 1. The number of amides is 1. The Labute approximate surface area is 157 Å². The van der Waals surface area contributed by atoms with Gasteiger partial charge in [0.2, 0.25) is 5.91 Å². The highest BCUT2D eigenvalue weighted by atomic mass is 19.4. The van der Waals surface area contributed by atoms with Gasteiger partial charge in [-0.25, -0.2) is 0 Å². The van der Waals surface area contributed by atoms with E-state index in [1.54, 1.807) is 30.3 Å². The van der Waals surface area contributed by atoms with Gasteiger partial charge in [-0.2, -0.15) is 26.3 Å². The summed E-state index contributed by atoms with van der Waals surface area (Å²) < 4.78 is 78.2. The van der Waals surface area contributed by atoms with Gasteiger partial charge in [-0.05, 0) is 36.6 Å². The summed E-state index contributed by atoms with van der Waals surface area (Å²) in [6.45, 7) is 0. The third kappa shape index (κ3) is 4.00. The molecular weight excluding hydrogens is 384 g/mol. The fourth-order valence-corrected chi connectivity index (χ4v) is 3.66. The Hall–Kier alpha value is -2.51. The standard InChI is InChI=1S/C20H17F6NO/c21-19(22,23)14-10-15(20(24,25)26)12-16(11-14)27-17(28)18(8-4-5-9-18)13-6-2-1-3-7-13/h1-3,6-7,10-12H,4-5,8-9H2,(H,27,28). The van der Waals surface area contributed by atoms with E-state index < -0.39 is 40.5 Å². The summed E-state index contributed by atoms with van der Waals surface area (Å²) in [6, 6.07) is 9.85. The second-order valence-corrected chi connectivity index (χ2v) is 6.90. The molecule has 0 spiro atoms. The summed E-state index contributed by atoms with van der Waals surface area (Å²) in [4.78, 5) is 13.0. The quantitative estimate of drug-likeness (QED) is 0.612. The second kappa shape index (κ2) is 7.14. The lowest BCUT2D eigenvalue weighted by Gasteiger charge is -2.28. The average molecular weight is 401 g/mol. The van der Waals surface area contributed by atoms with Crippen LogP contribution < -0.4 is 5.32 Å². The number of rotatable bonds is 3. The van der Waals surface area contributed by atoms with Crippen molar-refractivity contribution in [2.75, 3.05) is 5.32 Å². The molecule has 1 aliphatic carbocycles. The minimum atomic E-state index is -4.97. The van der Waals surface area contributed by atoms with Crippen molar-refractivity contribution in [3.05, 3.63) is 65.2 Å². The first kappa shape index (κ1) is 20.2. The molecule has 1 amide bonds. The fourth-order valence-electron chi connectivity index (χ4n) is 3.66. The lowest BCUT2D eigenvalue weighted by molar-refractivity contribution is -0.143. The normalized spacial score (nSPS) is 16.8. The largest absolute Gasteiger partial charge is 0.416 e. The van der Waals surface area contributed by atoms with Crippen molar-refractivity contribution in [2.45, 2.75) is 43.5 Å². The number of anilines is 1. The maximum atomic E-state index is 13.0. The predicted octanol–water partition coefficient (Wildman–Crippen LogP) is 6.17. The van der Waals surface area contributed by atoms with Gasteiger partial charge in [-0.1, -0.05) is 43.2 Å². The average Bonchev–Trinajstić information content (AvgIpc) is 3.12. The molecule has 2 nitrogen and oxygen atoms in total. The Balaban J connectivity index is 1.99. The molecule has 8 heteroatoms. The molecular formula is C20H17F6NO. The Morgan fingerprint density at radius 3 is 1.79 bits per heavy atom. The highest BCUT2D eigenvalue weighted by Gasteiger charge is 2.43. The monoisotopic (exact) mass is 401 g/mol. The number of hydrogen-bond donors (Lipinski definition) is 1. The number of carbonyl (C=O) groups is 1. The van der Waals surface area contributed by atoms with E-state index in [1.807, 2.05) is 0 Å². The Morgan fingerprint density at radius 2 is 1.32 bits per heavy atom. The van der Waals surface area contributed by atoms with E-state index in [9.17, 15) is 31.1 Å². The summed E-state index contributed by atoms with van der Waals surface area (Å²) in [6.07, 6.45) is -7.48. The first-order valence-electron chi connectivity index (χ1n) is 8.69. The van der Waals surface area contributed by atoms with Crippen LogP contribution in [0.2, 0.25) is 0 Å². The molecule has 1 fully saturated rings. The summed E-state index contributed by atoms with van der Waals surface area (Å²) in [5.41, 5.74) is -3.70. The summed E-state index contributed by atoms with van der Waals surface area (Å²) in [7, 11) is 0. The summed E-state index contributed by atoms with van der Waals surface area (Å²) in [5.74, 6) is -0.594. The van der Waals surface area contributed by atoms with Crippen molar-refractivity contribution in [1.82, 2.24) is 0 Å². The molecule has 0 aromatic heterocycles. The Bertz CT molecular complexity index is 819. The van der Waals surface area contributed by atoms with Crippen molar-refractivity contribution < 1.29 is 31.1 Å². The molecule has 28 heavy (non-hydrogen) atoms. The molecule has 0 aliphatic heterocycles. The van der Waals surface area contributed by atoms with Crippen molar-refractivity contribution in [3.63, 3.8) is 0 Å². The first-order chi connectivity index (χ1) is 13.0. The second-order valence-electron chi connectivity index (χ2n) is 6.90. The number of carbonyl (C=O) groups excluding carboxylic acids is 1. The number of halogens is 6. The highest BCUT2D eigenvalue weighted by Crippen LogP contribution is 2.43. The van der Waals surface area contributed by atoms with Crippen LogP contribution in [0.5, 0.6) is 0 Å². The van der Waals surface area contributed by atoms with Crippen LogP contribution in [0.25, 0.3) is 0 Å². The molecule has 0 heterocycles. The van der Waals surface area contributed by atoms with Crippen LogP contribution in [-0.4, -0.2) is 5.91 Å². The smallest absolute Gasteiger partial charge is 0.325 e. The van der Waals surface area contributed by atoms with E-state index in [4.69, 9.17) is 0 Å². The van der Waals surface area contributed by atoms with E-state index in [1.165, 1.54) is 0 Å². The van der Waals surface area contributed by atoms with Crippen LogP contribution in [-0.2, 0) is 22.6 Å². The van der Waals surface area contributed by atoms with Gasteiger partial charge in [0.15, 0.2) is 0 Å². The topological polar surface area (TPSA) is 29.1 Å². The summed E-state index contributed by atoms with van der Waals surface area (Å²) >= 11 is 0. The maximum absolute atomic E-state index is 13.0. The van der Waals surface area contributed by atoms with Gasteiger partial charge in [0.05, 0.1) is 16.5 Å². The lowest BCUT2D eigenvalue weighted by atomic mass is 9.78. The van der Waals surface area contributed by atoms with Crippen molar-refractivity contribution in [2.24, 2.45) is 0 Å². The Kier molecular flexibility index (Phi) is 5.16. The van der Waals surface area contributed by atoms with Crippen LogP contribution in [0.1, 0.15) is 42.4 Å². The van der Waals surface area contributed by atoms with E-state index >= 15 is 0 Å². The highest BCUT2D eigenvalue weighted by molar-refractivity contribution is 5.99. The zero-order valence-electron chi connectivity index (χ0n) is 14.6. The minimum absolute atomic E-state index is 0.0399. The zero-order chi connectivity index (χ0) is 20.6. The van der Waals surface area contributed by atoms with Crippen molar-refractivity contribution >= 4 is 11.6 Å². The Morgan fingerprint density at radius 1 is 0.821 bits per heavy atom. The maximum Gasteiger partial charge on any atom is 0.416 e. The fraction of sp³-hybridized carbons (Fsp3) is 0.350. The molecule has 0 bridgehead atoms. The molecule has 0 unspecified atom stereocenters. The molecule has 3 rings (SSSR count). The van der Waals surface area contributed by atoms with E-state index in [2.05, 4.69) is 5.32 Å². The van der Waals surface area contributed by atoms with Crippen molar-refractivity contribution in [3.8, 4) is 0 Å². The third-order valence-corrected chi connectivity index (χ3v) is 5.06. The van der Waals surface area contributed by atoms with Gasteiger partial charge >= 0.3 is 12.4 Å². The molecule has 0 saturated heterocycles. The minimum Gasteiger partial charge on any atom is -0.325 e. The van der Waals surface area contributed by atoms with Gasteiger partial charge in [-0.15, -0.1) is 0 Å². The van der Waals surface area contributed by atoms with E-state index in [0.29, 0.717) is 30.5 Å². The van der Waals surface area contributed by atoms with Gasteiger partial charge < -0.3 is 5.32 Å². The third-order valence-electron chi connectivity index (χ3n) is 5.06. The molecule has 0 atom stereocenters. The van der Waals surface area contributed by atoms with Crippen molar-refractivity contribution in [1.29, 1.82) is 0 Å². The van der Waals surface area contributed by atoms with Crippen LogP contribution in [0, 0.1) is 0 Å². The number of hydrogen-bond acceptors (Lipinski definition) is 1. The van der Waals surface area contributed by atoms with Crippen LogP contribution >= 0.6 is 0 Å². The van der Waals surface area contributed by atoms with E-state index in [-0.39, 0.29) is 6.07 Å². The molecule has 2 aromatic rings. The number of alkyl halides is 6. The van der Waals surface area contributed by atoms with Gasteiger partial charge in [0.1, 0.15) is 0 Å². The summed E-state index contributed by atoms with van der Waals surface area (Å²) in [5, 5.41) is 2.31. The zero-order valence-corrected chi connectivity index (χ0v) is 14.6. The SMILES string of the molecule is O=C(Nc1cc(C(F)(F)F)cc(C(F)(F)F)c1)C1(c2ccccc2)CCCC1. The molecule has 1 aliphatic rings. The predicted molar refractivity (Wildman–Crippen MR) is 91.7 cm³/mol. The molecule has 0 radical (unpaired) electrons. The van der Waals surface area contributed by atoms with Gasteiger partial charge in [0.25, 0.3) is 0 Å². The van der Waals surface area contributed by atoms with Crippen LogP contribution in [0.15, 0.2) is 48.5 Å². The molecule has 2 aromatic carbocycles. The van der Waals surface area contributed by atoms with Crippen LogP contribution in [0.4, 0.5) is 32.0 Å². The van der Waals surface area contributed by atoms with Crippen LogP contribution in [0.3, 0.4) is 0 Å². The van der Waals surface area contributed by atoms with Gasteiger partial charge in [-0.3, -0.25) is 4.79 Å². The first-order valence-corrected chi connectivity index (χ1v) is 8.69. The van der Waals surface area contributed by atoms with E-state index in [0.717, 1.165) is 12.8 Å². The van der Waals surface area contributed by atoms with Gasteiger partial charge in [0, 0.05) is 5.69 Å². The molecule has 1 N–H and O–H groups in total. The lowest BCUT2D eigenvalue weighted by Crippen LogP contribution is -2.38. The number of benzene rings is 2.